The second kappa shape index (κ2) is 6.11. The summed E-state index contributed by atoms with van der Waals surface area (Å²) in [4.78, 5) is 29.2. The van der Waals surface area contributed by atoms with Crippen LogP contribution < -0.4 is 5.73 Å². The molecule has 3 aliphatic rings. The maximum Gasteiger partial charge on any atom is 0.242 e. The molecule has 1 saturated heterocycles. The third-order valence-corrected chi connectivity index (χ3v) is 5.96. The Kier molecular flexibility index (Phi) is 4.04. The van der Waals surface area contributed by atoms with Crippen molar-refractivity contribution in [2.24, 2.45) is 11.7 Å². The standard InChI is InChI=1S/C19H25N3O3/c20-19(25)8-5-14(6-9-19)18(24)21-11-16-15-4-2-1-3-13(15)7-10-22(16)17(23)12-21/h1-4,14,16,25H,5-12,20H2. The van der Waals surface area contributed by atoms with Gasteiger partial charge in [-0.25, -0.2) is 0 Å². The molecular formula is C19H25N3O3. The molecule has 1 aliphatic carbocycles. The molecule has 2 fully saturated rings. The number of piperazine rings is 1. The minimum absolute atomic E-state index is 0.0326. The number of hydrogen-bond donors (Lipinski definition) is 2. The van der Waals surface area contributed by atoms with Crippen molar-refractivity contribution in [3.63, 3.8) is 0 Å². The Morgan fingerprint density at radius 2 is 1.96 bits per heavy atom. The summed E-state index contributed by atoms with van der Waals surface area (Å²) >= 11 is 0. The molecule has 4 rings (SSSR count). The van der Waals surface area contributed by atoms with Gasteiger partial charge in [-0.2, -0.15) is 0 Å². The van der Waals surface area contributed by atoms with Crippen LogP contribution in [-0.4, -0.2) is 52.1 Å². The van der Waals surface area contributed by atoms with Crippen LogP contribution in [0.4, 0.5) is 0 Å². The predicted octanol–water partition coefficient (Wildman–Crippen LogP) is 0.792. The highest BCUT2D eigenvalue weighted by Gasteiger charge is 2.41. The quantitative estimate of drug-likeness (QED) is 0.738. The van der Waals surface area contributed by atoms with Crippen molar-refractivity contribution in [2.75, 3.05) is 19.6 Å². The molecular weight excluding hydrogens is 318 g/mol. The van der Waals surface area contributed by atoms with E-state index in [1.54, 1.807) is 4.90 Å². The second-order valence-electron chi connectivity index (χ2n) is 7.65. The van der Waals surface area contributed by atoms with Crippen molar-refractivity contribution < 1.29 is 14.7 Å². The van der Waals surface area contributed by atoms with E-state index in [4.69, 9.17) is 5.73 Å². The Labute approximate surface area is 147 Å². The van der Waals surface area contributed by atoms with Gasteiger partial charge in [-0.15, -0.1) is 0 Å². The van der Waals surface area contributed by atoms with E-state index in [0.717, 1.165) is 13.0 Å². The van der Waals surface area contributed by atoms with E-state index in [9.17, 15) is 14.7 Å². The number of nitrogens with zero attached hydrogens (tertiary/aromatic N) is 2. The lowest BCUT2D eigenvalue weighted by molar-refractivity contribution is -0.153. The lowest BCUT2D eigenvalue weighted by Gasteiger charge is -2.45. The van der Waals surface area contributed by atoms with E-state index < -0.39 is 5.72 Å². The monoisotopic (exact) mass is 343 g/mol. The van der Waals surface area contributed by atoms with Crippen molar-refractivity contribution >= 4 is 11.8 Å². The van der Waals surface area contributed by atoms with Crippen LogP contribution in [0.1, 0.15) is 42.9 Å². The molecule has 25 heavy (non-hydrogen) atoms. The number of amides is 2. The van der Waals surface area contributed by atoms with Gasteiger partial charge in [0.25, 0.3) is 0 Å². The fraction of sp³-hybridized carbons (Fsp3) is 0.579. The van der Waals surface area contributed by atoms with Crippen LogP contribution in [0.2, 0.25) is 0 Å². The van der Waals surface area contributed by atoms with Gasteiger partial charge < -0.3 is 20.6 Å². The zero-order valence-corrected chi connectivity index (χ0v) is 14.4. The number of carbonyl (C=O) groups is 2. The highest BCUT2D eigenvalue weighted by atomic mass is 16.3. The van der Waals surface area contributed by atoms with E-state index in [-0.39, 0.29) is 30.3 Å². The number of nitrogens with two attached hydrogens (primary N) is 1. The van der Waals surface area contributed by atoms with Gasteiger partial charge in [0.2, 0.25) is 11.8 Å². The summed E-state index contributed by atoms with van der Waals surface area (Å²) in [6.07, 6.45) is 2.92. The Bertz CT molecular complexity index is 693. The molecule has 0 radical (unpaired) electrons. The van der Waals surface area contributed by atoms with Gasteiger partial charge in [0.15, 0.2) is 0 Å². The molecule has 1 saturated carbocycles. The molecule has 3 N–H and O–H groups in total. The lowest BCUT2D eigenvalue weighted by atomic mass is 9.82. The molecule has 2 aliphatic heterocycles. The fourth-order valence-corrected chi connectivity index (χ4v) is 4.47. The Hall–Kier alpha value is -1.92. The zero-order valence-electron chi connectivity index (χ0n) is 14.4. The van der Waals surface area contributed by atoms with Gasteiger partial charge in [0, 0.05) is 19.0 Å². The summed E-state index contributed by atoms with van der Waals surface area (Å²) in [5.41, 5.74) is 7.05. The van der Waals surface area contributed by atoms with Crippen LogP contribution in [0.5, 0.6) is 0 Å². The van der Waals surface area contributed by atoms with E-state index in [2.05, 4.69) is 12.1 Å². The molecule has 2 heterocycles. The predicted molar refractivity (Wildman–Crippen MR) is 92.3 cm³/mol. The first-order valence-corrected chi connectivity index (χ1v) is 9.12. The number of aliphatic hydroxyl groups is 1. The van der Waals surface area contributed by atoms with Gasteiger partial charge in [0.1, 0.15) is 5.72 Å². The van der Waals surface area contributed by atoms with Gasteiger partial charge in [-0.1, -0.05) is 24.3 Å². The van der Waals surface area contributed by atoms with Crippen LogP contribution in [0.15, 0.2) is 24.3 Å². The molecule has 134 valence electrons. The largest absolute Gasteiger partial charge is 0.376 e. The third-order valence-electron chi connectivity index (χ3n) is 5.96. The lowest BCUT2D eigenvalue weighted by Crippen LogP contribution is -2.57. The molecule has 0 bridgehead atoms. The molecule has 1 unspecified atom stereocenters. The Balaban J connectivity index is 1.52. The normalized spacial score (nSPS) is 32.2. The number of hydrogen-bond acceptors (Lipinski definition) is 4. The van der Waals surface area contributed by atoms with Gasteiger partial charge >= 0.3 is 0 Å². The maximum atomic E-state index is 12.9. The van der Waals surface area contributed by atoms with Gasteiger partial charge in [-0.05, 0) is 43.2 Å². The molecule has 0 spiro atoms. The molecule has 6 nitrogen and oxygen atoms in total. The van der Waals surface area contributed by atoms with E-state index in [1.807, 2.05) is 17.0 Å². The highest BCUT2D eigenvalue weighted by Crippen LogP contribution is 2.35. The maximum absolute atomic E-state index is 12.9. The van der Waals surface area contributed by atoms with E-state index in [1.165, 1.54) is 11.1 Å². The van der Waals surface area contributed by atoms with Crippen LogP contribution in [0.3, 0.4) is 0 Å². The highest BCUT2D eigenvalue weighted by molar-refractivity contribution is 5.87. The molecule has 1 atom stereocenters. The summed E-state index contributed by atoms with van der Waals surface area (Å²) in [6.45, 7) is 1.46. The first kappa shape index (κ1) is 16.5. The van der Waals surface area contributed by atoms with E-state index >= 15 is 0 Å². The van der Waals surface area contributed by atoms with Crippen LogP contribution >= 0.6 is 0 Å². The van der Waals surface area contributed by atoms with E-state index in [0.29, 0.717) is 32.2 Å². The zero-order chi connectivity index (χ0) is 17.6. The van der Waals surface area contributed by atoms with Crippen molar-refractivity contribution in [3.8, 4) is 0 Å². The molecule has 1 aromatic rings. The van der Waals surface area contributed by atoms with Gasteiger partial charge in [-0.3, -0.25) is 9.59 Å². The minimum Gasteiger partial charge on any atom is -0.376 e. The van der Waals surface area contributed by atoms with Crippen molar-refractivity contribution in [3.05, 3.63) is 35.4 Å². The Morgan fingerprint density at radius 3 is 2.72 bits per heavy atom. The summed E-state index contributed by atoms with van der Waals surface area (Å²) in [5.74, 6) is -0.0705. The van der Waals surface area contributed by atoms with Gasteiger partial charge in [0.05, 0.1) is 12.6 Å². The summed E-state index contributed by atoms with van der Waals surface area (Å²) < 4.78 is 0. The second-order valence-corrected chi connectivity index (χ2v) is 7.65. The number of rotatable bonds is 1. The van der Waals surface area contributed by atoms with Crippen molar-refractivity contribution in [1.82, 2.24) is 9.80 Å². The Morgan fingerprint density at radius 1 is 1.24 bits per heavy atom. The topological polar surface area (TPSA) is 86.9 Å². The third kappa shape index (κ3) is 3.04. The van der Waals surface area contributed by atoms with Crippen molar-refractivity contribution in [2.45, 2.75) is 43.9 Å². The minimum atomic E-state index is -1.15. The molecule has 6 heteroatoms. The average molecular weight is 343 g/mol. The SMILES string of the molecule is NC1(O)CCC(C(=O)N2CC(=O)N3CCc4ccccc4C3C2)CC1. The average Bonchev–Trinajstić information content (AvgIpc) is 2.61. The first-order chi connectivity index (χ1) is 11.9. The number of benzene rings is 1. The summed E-state index contributed by atoms with van der Waals surface area (Å²) in [7, 11) is 0. The smallest absolute Gasteiger partial charge is 0.242 e. The summed E-state index contributed by atoms with van der Waals surface area (Å²) in [5, 5.41) is 9.88. The van der Waals surface area contributed by atoms with Crippen LogP contribution in [-0.2, 0) is 16.0 Å². The fourth-order valence-electron chi connectivity index (χ4n) is 4.47. The first-order valence-electron chi connectivity index (χ1n) is 9.12. The molecule has 0 aromatic heterocycles. The molecule has 1 aromatic carbocycles. The van der Waals surface area contributed by atoms with Crippen LogP contribution in [0.25, 0.3) is 0 Å². The summed E-state index contributed by atoms with van der Waals surface area (Å²) in [6, 6.07) is 8.17. The van der Waals surface area contributed by atoms with Crippen molar-refractivity contribution in [1.29, 1.82) is 0 Å². The molecule has 2 amide bonds. The number of carbonyl (C=O) groups excluding carboxylic acids is 2. The van der Waals surface area contributed by atoms with Crippen LogP contribution in [0, 0.1) is 5.92 Å². The number of fused-ring (bicyclic) bond motifs is 3.